The van der Waals surface area contributed by atoms with Crippen LogP contribution in [0.4, 0.5) is 0 Å². The first-order chi connectivity index (χ1) is 9.47. The fraction of sp³-hybridized carbons (Fsp3) is 0.333. The van der Waals surface area contributed by atoms with Crippen LogP contribution in [0.15, 0.2) is 34.8 Å². The van der Waals surface area contributed by atoms with Crippen LogP contribution in [-0.4, -0.2) is 24.1 Å². The Kier molecular flexibility index (Phi) is 4.56. The lowest BCUT2D eigenvalue weighted by molar-refractivity contribution is -0.119. The van der Waals surface area contributed by atoms with E-state index in [0.717, 1.165) is 16.2 Å². The second kappa shape index (κ2) is 6.19. The molecular weight excluding hydrogens is 298 g/mol. The normalized spacial score (nSPS) is 11.4. The minimum atomic E-state index is -3.73. The Hall–Kier alpha value is -1.67. The highest BCUT2D eigenvalue weighted by molar-refractivity contribution is 7.92. The summed E-state index contributed by atoms with van der Waals surface area (Å²) >= 11 is 1.14. The van der Waals surface area contributed by atoms with E-state index in [1.165, 1.54) is 6.07 Å². The molecule has 0 aliphatic rings. The first kappa shape index (κ1) is 14.7. The number of rotatable bonds is 6. The molecule has 0 aliphatic carbocycles. The van der Waals surface area contributed by atoms with Crippen molar-refractivity contribution < 1.29 is 13.2 Å². The van der Waals surface area contributed by atoms with Gasteiger partial charge in [-0.25, -0.2) is 13.1 Å². The molecule has 0 saturated carbocycles. The lowest BCUT2D eigenvalue weighted by atomic mass is 10.3. The summed E-state index contributed by atoms with van der Waals surface area (Å²) in [4.78, 5) is 12.5. The maximum atomic E-state index is 11.9. The van der Waals surface area contributed by atoms with Gasteiger partial charge in [0.25, 0.3) is 10.0 Å². The van der Waals surface area contributed by atoms with Gasteiger partial charge in [0.15, 0.2) is 0 Å². The van der Waals surface area contributed by atoms with E-state index in [-0.39, 0.29) is 10.6 Å². The van der Waals surface area contributed by atoms with E-state index < -0.39 is 15.9 Å². The van der Waals surface area contributed by atoms with Crippen LogP contribution in [0.5, 0.6) is 0 Å². The maximum Gasteiger partial charge on any atom is 0.273 e. The van der Waals surface area contributed by atoms with E-state index in [2.05, 4.69) is 9.82 Å². The molecule has 0 saturated heterocycles. The molecule has 2 aromatic heterocycles. The van der Waals surface area contributed by atoms with Crippen LogP contribution in [0, 0.1) is 6.92 Å². The Morgan fingerprint density at radius 2 is 2.25 bits per heavy atom. The number of thiophene rings is 1. The number of carbonyl (C=O) groups excluding carboxylic acids is 1. The Bertz CT molecular complexity index is 675. The van der Waals surface area contributed by atoms with E-state index >= 15 is 0 Å². The highest BCUT2D eigenvalue weighted by Gasteiger charge is 2.18. The highest BCUT2D eigenvalue weighted by Crippen LogP contribution is 2.20. The summed E-state index contributed by atoms with van der Waals surface area (Å²) in [5, 5.41) is 4.01. The van der Waals surface area contributed by atoms with Crippen LogP contribution in [0.2, 0.25) is 0 Å². The molecule has 6 nitrogen and oxygen atoms in total. The zero-order valence-corrected chi connectivity index (χ0v) is 12.6. The van der Waals surface area contributed by atoms with E-state index in [1.807, 2.05) is 6.92 Å². The van der Waals surface area contributed by atoms with Crippen LogP contribution in [0.25, 0.3) is 0 Å². The summed E-state index contributed by atoms with van der Waals surface area (Å²) in [6, 6.07) is 5.00. The van der Waals surface area contributed by atoms with Crippen molar-refractivity contribution in [3.63, 3.8) is 0 Å². The van der Waals surface area contributed by atoms with E-state index in [1.54, 1.807) is 29.2 Å². The zero-order chi connectivity index (χ0) is 14.6. The van der Waals surface area contributed by atoms with Crippen molar-refractivity contribution in [2.45, 2.75) is 30.5 Å². The van der Waals surface area contributed by atoms with Gasteiger partial charge in [0.05, 0.1) is 0 Å². The molecule has 1 amide bonds. The summed E-state index contributed by atoms with van der Waals surface area (Å²) in [6.45, 7) is 2.40. The van der Waals surface area contributed by atoms with Gasteiger partial charge in [-0.15, -0.1) is 11.3 Å². The summed E-state index contributed by atoms with van der Waals surface area (Å²) in [7, 11) is -3.73. The monoisotopic (exact) mass is 313 g/mol. The quantitative estimate of drug-likeness (QED) is 0.877. The van der Waals surface area contributed by atoms with E-state index in [0.29, 0.717) is 13.0 Å². The molecule has 108 valence electrons. The molecular formula is C12H15N3O3S2. The average molecular weight is 313 g/mol. The molecule has 0 atom stereocenters. The van der Waals surface area contributed by atoms with Gasteiger partial charge in [-0.05, 0) is 31.5 Å². The standard InChI is InChI=1S/C12H15N3O3S2/c1-10-5-6-12(19-10)20(17,18)14-11(16)4-2-8-15-9-3-7-13-15/h3,5-7,9H,2,4,8H2,1H3,(H,14,16). The van der Waals surface area contributed by atoms with Gasteiger partial charge >= 0.3 is 0 Å². The highest BCUT2D eigenvalue weighted by atomic mass is 32.2. The van der Waals surface area contributed by atoms with Gasteiger partial charge in [-0.3, -0.25) is 9.48 Å². The van der Waals surface area contributed by atoms with Crippen LogP contribution in [0.3, 0.4) is 0 Å². The Labute approximate surface area is 121 Å². The van der Waals surface area contributed by atoms with Crippen LogP contribution in [-0.2, 0) is 21.4 Å². The molecule has 8 heteroatoms. The summed E-state index contributed by atoms with van der Waals surface area (Å²) in [5.41, 5.74) is 0. The molecule has 2 aromatic rings. The first-order valence-electron chi connectivity index (χ1n) is 6.07. The second-order valence-corrected chi connectivity index (χ2v) is 7.46. The first-order valence-corrected chi connectivity index (χ1v) is 8.37. The van der Waals surface area contributed by atoms with Gasteiger partial charge in [0.2, 0.25) is 5.91 Å². The van der Waals surface area contributed by atoms with Crippen molar-refractivity contribution in [1.29, 1.82) is 0 Å². The number of hydrogen-bond acceptors (Lipinski definition) is 5. The average Bonchev–Trinajstić information content (AvgIpc) is 2.99. The molecule has 0 unspecified atom stereocenters. The van der Waals surface area contributed by atoms with Crippen molar-refractivity contribution >= 4 is 27.3 Å². The van der Waals surface area contributed by atoms with Gasteiger partial charge in [0.1, 0.15) is 4.21 Å². The second-order valence-electron chi connectivity index (χ2n) is 4.27. The van der Waals surface area contributed by atoms with Gasteiger partial charge < -0.3 is 0 Å². The maximum absolute atomic E-state index is 11.9. The van der Waals surface area contributed by atoms with Crippen molar-refractivity contribution in [2.75, 3.05) is 0 Å². The number of hydrogen-bond donors (Lipinski definition) is 1. The van der Waals surface area contributed by atoms with Crippen molar-refractivity contribution in [3.8, 4) is 0 Å². The number of sulfonamides is 1. The van der Waals surface area contributed by atoms with E-state index in [9.17, 15) is 13.2 Å². The Morgan fingerprint density at radius 1 is 1.45 bits per heavy atom. The summed E-state index contributed by atoms with van der Waals surface area (Å²) in [5.74, 6) is -0.497. The van der Waals surface area contributed by atoms with Gasteiger partial charge in [0, 0.05) is 30.2 Å². The lowest BCUT2D eigenvalue weighted by Gasteiger charge is -2.05. The predicted molar refractivity (Wildman–Crippen MR) is 75.8 cm³/mol. The third-order valence-electron chi connectivity index (χ3n) is 2.58. The Balaban J connectivity index is 1.84. The number of aryl methyl sites for hydroxylation is 2. The predicted octanol–water partition coefficient (Wildman–Crippen LogP) is 1.54. The van der Waals surface area contributed by atoms with E-state index in [4.69, 9.17) is 0 Å². The van der Waals surface area contributed by atoms with Crippen LogP contribution < -0.4 is 4.72 Å². The third-order valence-corrected chi connectivity index (χ3v) is 5.44. The molecule has 0 radical (unpaired) electrons. The molecule has 2 heterocycles. The SMILES string of the molecule is Cc1ccc(S(=O)(=O)NC(=O)CCCn2cccn2)s1. The lowest BCUT2D eigenvalue weighted by Crippen LogP contribution is -2.30. The zero-order valence-electron chi connectivity index (χ0n) is 10.9. The van der Waals surface area contributed by atoms with Gasteiger partial charge in [-0.1, -0.05) is 0 Å². The van der Waals surface area contributed by atoms with Crippen LogP contribution >= 0.6 is 11.3 Å². The fourth-order valence-corrected chi connectivity index (χ4v) is 3.94. The number of aromatic nitrogens is 2. The molecule has 0 bridgehead atoms. The van der Waals surface area contributed by atoms with Crippen molar-refractivity contribution in [3.05, 3.63) is 35.5 Å². The smallest absolute Gasteiger partial charge is 0.273 e. The van der Waals surface area contributed by atoms with Gasteiger partial charge in [-0.2, -0.15) is 5.10 Å². The molecule has 0 aliphatic heterocycles. The molecule has 20 heavy (non-hydrogen) atoms. The largest absolute Gasteiger partial charge is 0.274 e. The number of nitrogens with zero attached hydrogens (tertiary/aromatic N) is 2. The van der Waals surface area contributed by atoms with Crippen molar-refractivity contribution in [2.24, 2.45) is 0 Å². The topological polar surface area (TPSA) is 81.1 Å². The molecule has 0 aromatic carbocycles. The van der Waals surface area contributed by atoms with Crippen LogP contribution in [0.1, 0.15) is 17.7 Å². The molecule has 0 fully saturated rings. The number of nitrogens with one attached hydrogen (secondary N) is 1. The number of carbonyl (C=O) groups is 1. The minimum absolute atomic E-state index is 0.142. The third kappa shape index (κ3) is 3.91. The summed E-state index contributed by atoms with van der Waals surface area (Å²) < 4.78 is 27.8. The molecule has 1 N–H and O–H groups in total. The molecule has 0 spiro atoms. The molecule has 2 rings (SSSR count). The number of amides is 1. The minimum Gasteiger partial charge on any atom is -0.274 e. The van der Waals surface area contributed by atoms with Crippen molar-refractivity contribution in [1.82, 2.24) is 14.5 Å². The fourth-order valence-electron chi connectivity index (χ4n) is 1.64. The summed E-state index contributed by atoms with van der Waals surface area (Å²) in [6.07, 6.45) is 4.13. The Morgan fingerprint density at radius 3 is 2.85 bits per heavy atom.